The molecule has 114 valence electrons. The zero-order valence-corrected chi connectivity index (χ0v) is 12.5. The van der Waals surface area contributed by atoms with E-state index >= 15 is 0 Å². The maximum atomic E-state index is 12.3. The second kappa shape index (κ2) is 7.25. The molecule has 1 amide bonds. The number of carboxylic acids is 1. The topological polar surface area (TPSA) is 57.6 Å². The van der Waals surface area contributed by atoms with Crippen molar-refractivity contribution in [2.45, 2.75) is 32.6 Å². The quantitative estimate of drug-likeness (QED) is 0.906. The smallest absolute Gasteiger partial charge is 0.307 e. The summed E-state index contributed by atoms with van der Waals surface area (Å²) in [6.07, 6.45) is 2.54. The van der Waals surface area contributed by atoms with Gasteiger partial charge < -0.3 is 10.0 Å². The summed E-state index contributed by atoms with van der Waals surface area (Å²) in [4.78, 5) is 25.5. The monoisotopic (exact) mass is 289 g/mol. The van der Waals surface area contributed by atoms with Crippen LogP contribution in [0.2, 0.25) is 0 Å². The van der Waals surface area contributed by atoms with E-state index in [2.05, 4.69) is 6.92 Å². The van der Waals surface area contributed by atoms with Crippen LogP contribution in [0.1, 0.15) is 31.7 Å². The van der Waals surface area contributed by atoms with Crippen LogP contribution in [0, 0.1) is 11.8 Å². The lowest BCUT2D eigenvalue weighted by Crippen LogP contribution is -2.39. The van der Waals surface area contributed by atoms with Crippen LogP contribution in [0.4, 0.5) is 0 Å². The SMILES string of the molecule is CC1CCN(C(=O)CC(Cc2ccccc2)C(=O)O)CC1. The van der Waals surface area contributed by atoms with Crippen molar-refractivity contribution in [2.24, 2.45) is 11.8 Å². The summed E-state index contributed by atoms with van der Waals surface area (Å²) in [5.41, 5.74) is 0.963. The Labute approximate surface area is 125 Å². The van der Waals surface area contributed by atoms with Crippen molar-refractivity contribution in [2.75, 3.05) is 13.1 Å². The Morgan fingerprint density at radius 1 is 1.24 bits per heavy atom. The number of likely N-dealkylation sites (tertiary alicyclic amines) is 1. The van der Waals surface area contributed by atoms with E-state index in [0.717, 1.165) is 31.5 Å². The predicted molar refractivity (Wildman–Crippen MR) is 80.9 cm³/mol. The summed E-state index contributed by atoms with van der Waals surface area (Å²) >= 11 is 0. The van der Waals surface area contributed by atoms with Gasteiger partial charge in [-0.05, 0) is 30.7 Å². The summed E-state index contributed by atoms with van der Waals surface area (Å²) in [7, 11) is 0. The first kappa shape index (κ1) is 15.5. The van der Waals surface area contributed by atoms with Crippen LogP contribution in [0.15, 0.2) is 30.3 Å². The number of hydrogen-bond donors (Lipinski definition) is 1. The molecule has 1 fully saturated rings. The van der Waals surface area contributed by atoms with Gasteiger partial charge in [-0.2, -0.15) is 0 Å². The summed E-state index contributed by atoms with van der Waals surface area (Å²) in [6.45, 7) is 3.71. The highest BCUT2D eigenvalue weighted by Gasteiger charge is 2.26. The standard InChI is InChI=1S/C17H23NO3/c1-13-7-9-18(10-8-13)16(19)12-15(17(20)21)11-14-5-3-2-4-6-14/h2-6,13,15H,7-12H2,1H3,(H,20,21). The third-order valence-electron chi connectivity index (χ3n) is 4.23. The highest BCUT2D eigenvalue weighted by molar-refractivity contribution is 5.82. The van der Waals surface area contributed by atoms with E-state index in [1.807, 2.05) is 35.2 Å². The number of carbonyl (C=O) groups is 2. The molecule has 1 aromatic rings. The lowest BCUT2D eigenvalue weighted by atomic mass is 9.94. The fourth-order valence-corrected chi connectivity index (χ4v) is 2.74. The molecule has 4 heteroatoms. The zero-order chi connectivity index (χ0) is 15.2. The number of amides is 1. The van der Waals surface area contributed by atoms with Crippen molar-refractivity contribution in [3.05, 3.63) is 35.9 Å². The molecule has 0 aliphatic carbocycles. The number of piperidine rings is 1. The normalized spacial score (nSPS) is 17.5. The minimum atomic E-state index is -0.891. The zero-order valence-electron chi connectivity index (χ0n) is 12.5. The largest absolute Gasteiger partial charge is 0.481 e. The fraction of sp³-hybridized carbons (Fsp3) is 0.529. The molecule has 1 heterocycles. The lowest BCUT2D eigenvalue weighted by molar-refractivity contribution is -0.146. The molecule has 0 spiro atoms. The van der Waals surface area contributed by atoms with E-state index in [4.69, 9.17) is 0 Å². The summed E-state index contributed by atoms with van der Waals surface area (Å²) in [6, 6.07) is 9.50. The Bertz CT molecular complexity index is 478. The number of rotatable bonds is 5. The molecule has 1 unspecified atom stereocenters. The van der Waals surface area contributed by atoms with Gasteiger partial charge in [-0.15, -0.1) is 0 Å². The molecule has 1 atom stereocenters. The van der Waals surface area contributed by atoms with Gasteiger partial charge >= 0.3 is 5.97 Å². The number of hydrogen-bond acceptors (Lipinski definition) is 2. The second-order valence-electron chi connectivity index (χ2n) is 5.99. The van der Waals surface area contributed by atoms with E-state index in [1.54, 1.807) is 0 Å². The van der Waals surface area contributed by atoms with Gasteiger partial charge in [0.25, 0.3) is 0 Å². The highest BCUT2D eigenvalue weighted by atomic mass is 16.4. The van der Waals surface area contributed by atoms with Gasteiger partial charge in [0.1, 0.15) is 0 Å². The number of nitrogens with zero attached hydrogens (tertiary/aromatic N) is 1. The number of aliphatic carboxylic acids is 1. The Hall–Kier alpha value is -1.84. The van der Waals surface area contributed by atoms with Crippen LogP contribution in [-0.4, -0.2) is 35.0 Å². The van der Waals surface area contributed by atoms with Gasteiger partial charge in [0.2, 0.25) is 5.91 Å². The third kappa shape index (κ3) is 4.59. The second-order valence-corrected chi connectivity index (χ2v) is 5.99. The lowest BCUT2D eigenvalue weighted by Gasteiger charge is -2.31. The van der Waals surface area contributed by atoms with Crippen LogP contribution < -0.4 is 0 Å². The number of benzene rings is 1. The first-order valence-electron chi connectivity index (χ1n) is 7.60. The number of carboxylic acid groups (broad SMARTS) is 1. The minimum absolute atomic E-state index is 0.0229. The van der Waals surface area contributed by atoms with Gasteiger partial charge in [-0.1, -0.05) is 37.3 Å². The Kier molecular flexibility index (Phi) is 5.37. The highest BCUT2D eigenvalue weighted by Crippen LogP contribution is 2.19. The average Bonchev–Trinajstić information content (AvgIpc) is 2.48. The van der Waals surface area contributed by atoms with Crippen LogP contribution in [-0.2, 0) is 16.0 Å². The van der Waals surface area contributed by atoms with Gasteiger partial charge in [-0.3, -0.25) is 9.59 Å². The van der Waals surface area contributed by atoms with Crippen LogP contribution in [0.5, 0.6) is 0 Å². The molecular weight excluding hydrogens is 266 g/mol. The van der Waals surface area contributed by atoms with Crippen LogP contribution >= 0.6 is 0 Å². The van der Waals surface area contributed by atoms with Gasteiger partial charge in [0, 0.05) is 19.5 Å². The Balaban J connectivity index is 1.93. The van der Waals surface area contributed by atoms with Crippen molar-refractivity contribution in [1.82, 2.24) is 4.90 Å². The minimum Gasteiger partial charge on any atom is -0.481 e. The molecule has 1 aliphatic heterocycles. The van der Waals surface area contributed by atoms with Crippen molar-refractivity contribution in [3.63, 3.8) is 0 Å². The van der Waals surface area contributed by atoms with E-state index < -0.39 is 11.9 Å². The molecular formula is C17H23NO3. The van der Waals surface area contributed by atoms with Gasteiger partial charge in [-0.25, -0.2) is 0 Å². The van der Waals surface area contributed by atoms with E-state index in [0.29, 0.717) is 12.3 Å². The molecule has 2 rings (SSSR count). The van der Waals surface area contributed by atoms with Crippen molar-refractivity contribution < 1.29 is 14.7 Å². The number of carbonyl (C=O) groups excluding carboxylic acids is 1. The summed E-state index contributed by atoms with van der Waals surface area (Å²) in [5, 5.41) is 9.35. The van der Waals surface area contributed by atoms with Crippen molar-refractivity contribution in [3.8, 4) is 0 Å². The Morgan fingerprint density at radius 3 is 2.43 bits per heavy atom. The molecule has 0 saturated carbocycles. The van der Waals surface area contributed by atoms with Gasteiger partial charge in [0.15, 0.2) is 0 Å². The fourth-order valence-electron chi connectivity index (χ4n) is 2.74. The molecule has 1 aliphatic rings. The van der Waals surface area contributed by atoms with E-state index in [1.165, 1.54) is 0 Å². The predicted octanol–water partition coefficient (Wildman–Crippen LogP) is 2.58. The van der Waals surface area contributed by atoms with Crippen LogP contribution in [0.25, 0.3) is 0 Å². The summed E-state index contributed by atoms with van der Waals surface area (Å²) < 4.78 is 0. The van der Waals surface area contributed by atoms with Crippen molar-refractivity contribution >= 4 is 11.9 Å². The molecule has 1 N–H and O–H groups in total. The van der Waals surface area contributed by atoms with Crippen molar-refractivity contribution in [1.29, 1.82) is 0 Å². The maximum absolute atomic E-state index is 12.3. The van der Waals surface area contributed by atoms with E-state index in [-0.39, 0.29) is 12.3 Å². The molecule has 1 aromatic carbocycles. The third-order valence-corrected chi connectivity index (χ3v) is 4.23. The maximum Gasteiger partial charge on any atom is 0.307 e. The van der Waals surface area contributed by atoms with Gasteiger partial charge in [0.05, 0.1) is 5.92 Å². The van der Waals surface area contributed by atoms with E-state index in [9.17, 15) is 14.7 Å². The molecule has 4 nitrogen and oxygen atoms in total. The first-order chi connectivity index (χ1) is 10.1. The molecule has 0 bridgehead atoms. The average molecular weight is 289 g/mol. The summed E-state index contributed by atoms with van der Waals surface area (Å²) in [5.74, 6) is -0.893. The first-order valence-corrected chi connectivity index (χ1v) is 7.60. The molecule has 0 radical (unpaired) electrons. The van der Waals surface area contributed by atoms with Crippen LogP contribution in [0.3, 0.4) is 0 Å². The molecule has 0 aromatic heterocycles. The molecule has 1 saturated heterocycles. The Morgan fingerprint density at radius 2 is 1.86 bits per heavy atom. The molecule has 21 heavy (non-hydrogen) atoms.